The van der Waals surface area contributed by atoms with Gasteiger partial charge in [-0.3, -0.25) is 0 Å². The zero-order valence-corrected chi connectivity index (χ0v) is 12.0. The Morgan fingerprint density at radius 3 is 1.95 bits per heavy atom. The molecule has 22 heavy (non-hydrogen) atoms. The van der Waals surface area contributed by atoms with Crippen LogP contribution in [0.3, 0.4) is 0 Å². The molecule has 1 fully saturated rings. The predicted molar refractivity (Wildman–Crippen MR) is 79.9 cm³/mol. The van der Waals surface area contributed by atoms with Crippen LogP contribution >= 0.6 is 0 Å². The summed E-state index contributed by atoms with van der Waals surface area (Å²) in [4.78, 5) is 0. The van der Waals surface area contributed by atoms with Crippen molar-refractivity contribution < 1.29 is 8.78 Å². The molecular formula is C18H16F2N2. The second-order valence-electron chi connectivity index (χ2n) is 5.60. The van der Waals surface area contributed by atoms with E-state index in [1.54, 1.807) is 24.3 Å². The summed E-state index contributed by atoms with van der Waals surface area (Å²) >= 11 is 0. The van der Waals surface area contributed by atoms with Crippen LogP contribution in [0.2, 0.25) is 0 Å². The second kappa shape index (κ2) is 5.86. The smallest absolute Gasteiger partial charge is 0.123 e. The van der Waals surface area contributed by atoms with Crippen LogP contribution in [-0.2, 0) is 5.54 Å². The average molecular weight is 298 g/mol. The van der Waals surface area contributed by atoms with Crippen molar-refractivity contribution in [3.05, 3.63) is 71.3 Å². The number of halogens is 2. The van der Waals surface area contributed by atoms with Gasteiger partial charge in [-0.15, -0.1) is 0 Å². The summed E-state index contributed by atoms with van der Waals surface area (Å²) in [5.41, 5.74) is 1.23. The van der Waals surface area contributed by atoms with Crippen LogP contribution < -0.4 is 5.32 Å². The van der Waals surface area contributed by atoms with Crippen LogP contribution in [0, 0.1) is 28.9 Å². The lowest BCUT2D eigenvalue weighted by Gasteiger charge is -2.36. The minimum atomic E-state index is -0.572. The third kappa shape index (κ3) is 2.38. The van der Waals surface area contributed by atoms with E-state index < -0.39 is 5.54 Å². The number of nitrogens with one attached hydrogen (secondary N) is 1. The number of hydrogen-bond donors (Lipinski definition) is 1. The monoisotopic (exact) mass is 298 g/mol. The van der Waals surface area contributed by atoms with Crippen molar-refractivity contribution in [2.24, 2.45) is 5.92 Å². The molecule has 4 heteroatoms. The third-order valence-corrected chi connectivity index (χ3v) is 4.45. The molecule has 2 aromatic rings. The fourth-order valence-corrected chi connectivity index (χ4v) is 3.44. The van der Waals surface area contributed by atoms with Gasteiger partial charge in [0, 0.05) is 6.42 Å². The Morgan fingerprint density at radius 1 is 1.00 bits per heavy atom. The van der Waals surface area contributed by atoms with Crippen LogP contribution in [0.4, 0.5) is 8.78 Å². The molecule has 112 valence electrons. The topological polar surface area (TPSA) is 35.8 Å². The molecule has 0 radical (unpaired) electrons. The van der Waals surface area contributed by atoms with E-state index >= 15 is 0 Å². The van der Waals surface area contributed by atoms with Gasteiger partial charge in [-0.1, -0.05) is 24.3 Å². The highest BCUT2D eigenvalue weighted by Gasteiger charge is 2.45. The summed E-state index contributed by atoms with van der Waals surface area (Å²) in [5, 5.41) is 12.6. The van der Waals surface area contributed by atoms with E-state index in [0.717, 1.165) is 24.1 Å². The average Bonchev–Trinajstić information content (AvgIpc) is 2.94. The van der Waals surface area contributed by atoms with Gasteiger partial charge in [0.05, 0.1) is 11.6 Å². The molecular weight excluding hydrogens is 282 g/mol. The summed E-state index contributed by atoms with van der Waals surface area (Å²) in [6.07, 6.45) is 1.24. The molecule has 1 aliphatic heterocycles. The molecule has 2 nitrogen and oxygen atoms in total. The van der Waals surface area contributed by atoms with Crippen molar-refractivity contribution in [2.45, 2.75) is 18.4 Å². The van der Waals surface area contributed by atoms with Gasteiger partial charge in [0.1, 0.15) is 11.6 Å². The van der Waals surface area contributed by atoms with Crippen LogP contribution in [0.15, 0.2) is 48.5 Å². The van der Waals surface area contributed by atoms with E-state index in [1.807, 2.05) is 0 Å². The maximum atomic E-state index is 13.3. The van der Waals surface area contributed by atoms with Gasteiger partial charge in [-0.05, 0) is 54.3 Å². The van der Waals surface area contributed by atoms with Gasteiger partial charge in [0.25, 0.3) is 0 Å². The molecule has 1 aliphatic rings. The minimum absolute atomic E-state index is 0.0634. The van der Waals surface area contributed by atoms with Gasteiger partial charge in [-0.25, -0.2) is 8.78 Å². The van der Waals surface area contributed by atoms with Crippen LogP contribution in [0.1, 0.15) is 24.0 Å². The van der Waals surface area contributed by atoms with Crippen molar-refractivity contribution in [1.82, 2.24) is 5.32 Å². The molecule has 0 saturated carbocycles. The first kappa shape index (κ1) is 14.7. The van der Waals surface area contributed by atoms with Crippen molar-refractivity contribution >= 4 is 0 Å². The fourth-order valence-electron chi connectivity index (χ4n) is 3.44. The number of nitrogens with zero attached hydrogens (tertiary/aromatic N) is 1. The second-order valence-corrected chi connectivity index (χ2v) is 5.60. The Kier molecular flexibility index (Phi) is 3.91. The van der Waals surface area contributed by atoms with Gasteiger partial charge in [0.15, 0.2) is 0 Å². The molecule has 1 atom stereocenters. The summed E-state index contributed by atoms with van der Waals surface area (Å²) in [5.74, 6) is -0.533. The van der Waals surface area contributed by atoms with Crippen LogP contribution in [0.25, 0.3) is 0 Å². The Morgan fingerprint density at radius 2 is 1.50 bits per heavy atom. The van der Waals surface area contributed by atoms with Gasteiger partial charge in [0.2, 0.25) is 0 Å². The number of benzene rings is 2. The van der Waals surface area contributed by atoms with Crippen LogP contribution in [0.5, 0.6) is 0 Å². The Balaban J connectivity index is 2.15. The first-order valence-corrected chi connectivity index (χ1v) is 7.31. The van der Waals surface area contributed by atoms with Crippen molar-refractivity contribution in [3.8, 4) is 6.07 Å². The zero-order valence-electron chi connectivity index (χ0n) is 12.0. The molecule has 0 spiro atoms. The number of rotatable bonds is 3. The first-order chi connectivity index (χ1) is 10.7. The Labute approximate surface area is 128 Å². The number of hydrogen-bond acceptors (Lipinski definition) is 2. The van der Waals surface area contributed by atoms with E-state index in [0.29, 0.717) is 6.42 Å². The van der Waals surface area contributed by atoms with E-state index in [9.17, 15) is 8.78 Å². The third-order valence-electron chi connectivity index (χ3n) is 4.45. The minimum Gasteiger partial charge on any atom is -0.303 e. The van der Waals surface area contributed by atoms with Crippen molar-refractivity contribution in [2.75, 3.05) is 6.54 Å². The normalized spacial score (nSPS) is 19.8. The Bertz CT molecular complexity index is 641. The summed E-state index contributed by atoms with van der Waals surface area (Å²) in [6, 6.07) is 14.9. The SMILES string of the molecule is N#CCC1CCNC1(c1ccc(F)cc1)c1ccc(F)cc1. The molecule has 2 aromatic carbocycles. The highest BCUT2D eigenvalue weighted by atomic mass is 19.1. The van der Waals surface area contributed by atoms with Gasteiger partial charge >= 0.3 is 0 Å². The van der Waals surface area contributed by atoms with Crippen molar-refractivity contribution in [1.29, 1.82) is 5.26 Å². The highest BCUT2D eigenvalue weighted by molar-refractivity contribution is 5.41. The number of nitriles is 1. The molecule has 1 saturated heterocycles. The molecule has 3 rings (SSSR count). The molecule has 0 aliphatic carbocycles. The lowest BCUT2D eigenvalue weighted by atomic mass is 9.73. The Hall–Kier alpha value is -2.25. The molecule has 0 aromatic heterocycles. The fraction of sp³-hybridized carbons (Fsp3) is 0.278. The van der Waals surface area contributed by atoms with E-state index in [2.05, 4.69) is 11.4 Å². The van der Waals surface area contributed by atoms with Gasteiger partial charge < -0.3 is 5.32 Å². The summed E-state index contributed by atoms with van der Waals surface area (Å²) < 4.78 is 26.6. The first-order valence-electron chi connectivity index (χ1n) is 7.31. The van der Waals surface area contributed by atoms with E-state index in [1.165, 1.54) is 24.3 Å². The molecule has 1 unspecified atom stereocenters. The lowest BCUT2D eigenvalue weighted by molar-refractivity contribution is 0.347. The van der Waals surface area contributed by atoms with Crippen LogP contribution in [-0.4, -0.2) is 6.54 Å². The summed E-state index contributed by atoms with van der Waals surface area (Å²) in [6.45, 7) is 0.765. The highest BCUT2D eigenvalue weighted by Crippen LogP contribution is 2.43. The molecule has 0 bridgehead atoms. The maximum absolute atomic E-state index is 13.3. The van der Waals surface area contributed by atoms with Gasteiger partial charge in [-0.2, -0.15) is 5.26 Å². The molecule has 1 N–H and O–H groups in total. The summed E-state index contributed by atoms with van der Waals surface area (Å²) in [7, 11) is 0. The van der Waals surface area contributed by atoms with E-state index in [4.69, 9.17) is 5.26 Å². The quantitative estimate of drug-likeness (QED) is 0.937. The molecule has 1 heterocycles. The van der Waals surface area contributed by atoms with Crippen molar-refractivity contribution in [3.63, 3.8) is 0 Å². The predicted octanol–water partition coefficient (Wildman–Crippen LogP) is 3.73. The van der Waals surface area contributed by atoms with E-state index in [-0.39, 0.29) is 17.6 Å². The maximum Gasteiger partial charge on any atom is 0.123 e. The largest absolute Gasteiger partial charge is 0.303 e. The zero-order chi connectivity index (χ0) is 15.6. The lowest BCUT2D eigenvalue weighted by Crippen LogP contribution is -2.43. The molecule has 0 amide bonds. The standard InChI is InChI=1S/C18H16F2N2/c19-16-5-1-13(2-6-16)18(14-3-7-17(20)8-4-14)15(9-11-21)10-12-22-18/h1-8,15,22H,9-10,12H2.